The summed E-state index contributed by atoms with van der Waals surface area (Å²) in [6.07, 6.45) is 1.74. The zero-order valence-corrected chi connectivity index (χ0v) is 13.4. The lowest BCUT2D eigenvalue weighted by Crippen LogP contribution is -2.43. The molecule has 0 saturated carbocycles. The molecule has 0 radical (unpaired) electrons. The minimum absolute atomic E-state index is 0.0229. The van der Waals surface area contributed by atoms with Crippen molar-refractivity contribution in [2.75, 3.05) is 5.75 Å². The van der Waals surface area contributed by atoms with Gasteiger partial charge < -0.3 is 0 Å². The highest BCUT2D eigenvalue weighted by molar-refractivity contribution is 7.89. The van der Waals surface area contributed by atoms with Crippen molar-refractivity contribution >= 4 is 21.6 Å². The second-order valence-electron chi connectivity index (χ2n) is 5.26. The summed E-state index contributed by atoms with van der Waals surface area (Å²) in [4.78, 5) is 3.99. The van der Waals surface area contributed by atoms with E-state index >= 15 is 0 Å². The zero-order chi connectivity index (χ0) is 15.5. The van der Waals surface area contributed by atoms with Gasteiger partial charge in [0.1, 0.15) is 12.2 Å². The van der Waals surface area contributed by atoms with E-state index in [-0.39, 0.29) is 5.75 Å². The second-order valence-corrected chi connectivity index (χ2v) is 7.54. The lowest BCUT2D eigenvalue weighted by atomic mass is 10.1. The Balaban J connectivity index is 2.02. The van der Waals surface area contributed by atoms with Crippen molar-refractivity contribution in [3.8, 4) is 0 Å². The molecule has 1 aromatic carbocycles. The van der Waals surface area contributed by atoms with Gasteiger partial charge in [-0.2, -0.15) is 5.10 Å². The molecular weight excluding hydrogens is 312 g/mol. The van der Waals surface area contributed by atoms with Crippen molar-refractivity contribution in [3.05, 3.63) is 47.0 Å². The van der Waals surface area contributed by atoms with Crippen LogP contribution in [-0.2, 0) is 22.0 Å². The van der Waals surface area contributed by atoms with Crippen LogP contribution in [0.4, 0.5) is 0 Å². The SMILES string of the molecule is CC(C)(NS(=O)(=O)CCc1cccc(Cl)c1)c1ncn[nH]1. The Morgan fingerprint density at radius 3 is 2.76 bits per heavy atom. The standard InChI is InChI=1S/C13H17ClN4O2S/c1-13(2,12-15-9-16-17-12)18-21(19,20)7-6-10-4-3-5-11(14)8-10/h3-5,8-9,18H,6-7H2,1-2H3,(H,15,16,17). The number of nitrogens with zero attached hydrogens (tertiary/aromatic N) is 2. The Kier molecular flexibility index (Phi) is 4.65. The van der Waals surface area contributed by atoms with Crippen LogP contribution in [0.25, 0.3) is 0 Å². The number of benzene rings is 1. The molecule has 0 amide bonds. The first kappa shape index (κ1) is 15.9. The van der Waals surface area contributed by atoms with Gasteiger partial charge in [0.2, 0.25) is 10.0 Å². The summed E-state index contributed by atoms with van der Waals surface area (Å²) in [6.45, 7) is 3.45. The van der Waals surface area contributed by atoms with E-state index in [0.29, 0.717) is 17.3 Å². The molecule has 2 N–H and O–H groups in total. The number of nitrogens with one attached hydrogen (secondary N) is 2. The predicted molar refractivity (Wildman–Crippen MR) is 81.5 cm³/mol. The maximum Gasteiger partial charge on any atom is 0.212 e. The van der Waals surface area contributed by atoms with Gasteiger partial charge in [-0.05, 0) is 38.0 Å². The van der Waals surface area contributed by atoms with Crippen molar-refractivity contribution in [2.45, 2.75) is 25.8 Å². The van der Waals surface area contributed by atoms with Gasteiger partial charge in [0.05, 0.1) is 11.3 Å². The van der Waals surface area contributed by atoms with E-state index in [1.54, 1.807) is 32.0 Å². The van der Waals surface area contributed by atoms with Gasteiger partial charge in [-0.15, -0.1) is 0 Å². The lowest BCUT2D eigenvalue weighted by Gasteiger charge is -2.23. The topological polar surface area (TPSA) is 87.7 Å². The summed E-state index contributed by atoms with van der Waals surface area (Å²) >= 11 is 5.88. The van der Waals surface area contributed by atoms with Gasteiger partial charge >= 0.3 is 0 Å². The van der Waals surface area contributed by atoms with Crippen molar-refractivity contribution in [1.29, 1.82) is 0 Å². The van der Waals surface area contributed by atoms with Gasteiger partial charge in [0, 0.05) is 5.02 Å². The fourth-order valence-corrected chi connectivity index (χ4v) is 3.63. The molecule has 6 nitrogen and oxygen atoms in total. The monoisotopic (exact) mass is 328 g/mol. The highest BCUT2D eigenvalue weighted by Gasteiger charge is 2.29. The molecule has 1 aromatic heterocycles. The number of aryl methyl sites for hydroxylation is 1. The van der Waals surface area contributed by atoms with Crippen LogP contribution in [0.2, 0.25) is 5.02 Å². The van der Waals surface area contributed by atoms with Crippen LogP contribution in [0.15, 0.2) is 30.6 Å². The fourth-order valence-electron chi connectivity index (χ4n) is 1.94. The number of aromatic amines is 1. The summed E-state index contributed by atoms with van der Waals surface area (Å²) in [6, 6.07) is 7.17. The Morgan fingerprint density at radius 1 is 1.38 bits per heavy atom. The van der Waals surface area contributed by atoms with E-state index in [0.717, 1.165) is 5.56 Å². The number of sulfonamides is 1. The van der Waals surface area contributed by atoms with E-state index < -0.39 is 15.6 Å². The number of aromatic nitrogens is 3. The number of hydrogen-bond donors (Lipinski definition) is 2. The van der Waals surface area contributed by atoms with Crippen LogP contribution < -0.4 is 4.72 Å². The summed E-state index contributed by atoms with van der Waals surface area (Å²) < 4.78 is 27.0. The first-order chi connectivity index (χ1) is 9.78. The highest BCUT2D eigenvalue weighted by Crippen LogP contribution is 2.17. The van der Waals surface area contributed by atoms with Gasteiger partial charge in [-0.3, -0.25) is 5.10 Å². The fraction of sp³-hybridized carbons (Fsp3) is 0.385. The van der Waals surface area contributed by atoms with Gasteiger partial charge in [-0.1, -0.05) is 23.7 Å². The first-order valence-corrected chi connectivity index (χ1v) is 8.43. The summed E-state index contributed by atoms with van der Waals surface area (Å²) in [5.41, 5.74) is 0.0364. The molecule has 2 aromatic rings. The lowest BCUT2D eigenvalue weighted by molar-refractivity contribution is 0.447. The Labute approximate surface area is 129 Å². The minimum atomic E-state index is -3.46. The molecular formula is C13H17ClN4O2S. The molecule has 21 heavy (non-hydrogen) atoms. The van der Waals surface area contributed by atoms with Crippen molar-refractivity contribution in [2.24, 2.45) is 0 Å². The molecule has 2 rings (SSSR count). The van der Waals surface area contributed by atoms with E-state index in [1.165, 1.54) is 6.33 Å². The molecule has 114 valence electrons. The van der Waals surface area contributed by atoms with Crippen LogP contribution >= 0.6 is 11.6 Å². The number of rotatable bonds is 6. The van der Waals surface area contributed by atoms with Crippen LogP contribution in [0.3, 0.4) is 0 Å². The molecule has 0 saturated heterocycles. The number of H-pyrrole nitrogens is 1. The Hall–Kier alpha value is -1.44. The largest absolute Gasteiger partial charge is 0.262 e. The molecule has 0 unspecified atom stereocenters. The zero-order valence-electron chi connectivity index (χ0n) is 11.8. The molecule has 0 atom stereocenters. The van der Waals surface area contributed by atoms with Crippen LogP contribution in [0, 0.1) is 0 Å². The first-order valence-electron chi connectivity index (χ1n) is 6.40. The molecule has 0 fully saturated rings. The molecule has 0 aliphatic carbocycles. The molecule has 0 aliphatic rings. The molecule has 8 heteroatoms. The van der Waals surface area contributed by atoms with E-state index in [4.69, 9.17) is 11.6 Å². The smallest absolute Gasteiger partial charge is 0.212 e. The third-order valence-corrected chi connectivity index (χ3v) is 4.76. The van der Waals surface area contributed by atoms with Crippen LogP contribution in [0.5, 0.6) is 0 Å². The normalized spacial score (nSPS) is 12.5. The van der Waals surface area contributed by atoms with E-state index in [1.807, 2.05) is 6.07 Å². The maximum atomic E-state index is 12.2. The quantitative estimate of drug-likeness (QED) is 0.847. The van der Waals surface area contributed by atoms with Crippen molar-refractivity contribution in [1.82, 2.24) is 19.9 Å². The number of halogens is 1. The van der Waals surface area contributed by atoms with Crippen LogP contribution in [-0.4, -0.2) is 29.4 Å². The van der Waals surface area contributed by atoms with Crippen molar-refractivity contribution < 1.29 is 8.42 Å². The highest BCUT2D eigenvalue weighted by atomic mass is 35.5. The minimum Gasteiger partial charge on any atom is -0.262 e. The average molecular weight is 329 g/mol. The summed E-state index contributed by atoms with van der Waals surface area (Å²) in [7, 11) is -3.46. The summed E-state index contributed by atoms with van der Waals surface area (Å²) in [5, 5.41) is 7.01. The molecule has 0 bridgehead atoms. The Bertz CT molecular complexity index is 699. The van der Waals surface area contributed by atoms with E-state index in [2.05, 4.69) is 19.9 Å². The Morgan fingerprint density at radius 2 is 2.14 bits per heavy atom. The van der Waals surface area contributed by atoms with Gasteiger partial charge in [0.25, 0.3) is 0 Å². The van der Waals surface area contributed by atoms with Gasteiger partial charge in [-0.25, -0.2) is 18.1 Å². The molecule has 0 spiro atoms. The molecule has 0 aliphatic heterocycles. The maximum absolute atomic E-state index is 12.2. The second kappa shape index (κ2) is 6.13. The van der Waals surface area contributed by atoms with Crippen LogP contribution in [0.1, 0.15) is 25.2 Å². The average Bonchev–Trinajstić information content (AvgIpc) is 2.90. The summed E-state index contributed by atoms with van der Waals surface area (Å²) in [5.74, 6) is 0.444. The van der Waals surface area contributed by atoms with E-state index in [9.17, 15) is 8.42 Å². The number of hydrogen-bond acceptors (Lipinski definition) is 4. The van der Waals surface area contributed by atoms with Crippen molar-refractivity contribution in [3.63, 3.8) is 0 Å². The van der Waals surface area contributed by atoms with Gasteiger partial charge in [0.15, 0.2) is 0 Å². The molecule has 1 heterocycles. The predicted octanol–water partition coefficient (Wildman–Crippen LogP) is 1.86. The third-order valence-electron chi connectivity index (χ3n) is 2.97. The third kappa shape index (κ3) is 4.52.